The van der Waals surface area contributed by atoms with E-state index in [1.165, 1.54) is 0 Å². The Hall–Kier alpha value is -1.26. The number of rotatable bonds is 6. The van der Waals surface area contributed by atoms with Gasteiger partial charge in [0.1, 0.15) is 0 Å². The first-order chi connectivity index (χ1) is 7.79. The van der Waals surface area contributed by atoms with E-state index >= 15 is 0 Å². The Kier molecular flexibility index (Phi) is 6.61. The molecule has 0 bridgehead atoms. The first-order valence-corrected chi connectivity index (χ1v) is 6.09. The molecular formula is C12H24N2O3. The highest BCUT2D eigenvalue weighted by Crippen LogP contribution is 2.06. The van der Waals surface area contributed by atoms with Crippen LogP contribution in [0.25, 0.3) is 0 Å². The number of carbonyl (C=O) groups is 2. The van der Waals surface area contributed by atoms with Crippen LogP contribution in [0.5, 0.6) is 0 Å². The second-order valence-corrected chi connectivity index (χ2v) is 4.79. The van der Waals surface area contributed by atoms with Crippen LogP contribution in [-0.4, -0.2) is 29.2 Å². The summed E-state index contributed by atoms with van der Waals surface area (Å²) in [5.74, 6) is -1.15. The van der Waals surface area contributed by atoms with Gasteiger partial charge < -0.3 is 15.7 Å². The van der Waals surface area contributed by atoms with Crippen LogP contribution in [0.2, 0.25) is 0 Å². The summed E-state index contributed by atoms with van der Waals surface area (Å²) < 4.78 is 0. The van der Waals surface area contributed by atoms with E-state index in [1.54, 1.807) is 13.8 Å². The Morgan fingerprint density at radius 1 is 1.12 bits per heavy atom. The number of amides is 2. The largest absolute Gasteiger partial charge is 0.481 e. The molecule has 0 heterocycles. The fraction of sp³-hybridized carbons (Fsp3) is 0.833. The minimum Gasteiger partial charge on any atom is -0.481 e. The van der Waals surface area contributed by atoms with Gasteiger partial charge in [0.05, 0.1) is 5.92 Å². The van der Waals surface area contributed by atoms with Gasteiger partial charge in [-0.2, -0.15) is 0 Å². The highest BCUT2D eigenvalue weighted by atomic mass is 16.4. The lowest BCUT2D eigenvalue weighted by atomic mass is 10.0. The van der Waals surface area contributed by atoms with Crippen molar-refractivity contribution in [2.75, 3.05) is 0 Å². The molecule has 0 saturated heterocycles. The Labute approximate surface area is 103 Å². The zero-order chi connectivity index (χ0) is 13.6. The fourth-order valence-corrected chi connectivity index (χ4v) is 1.50. The van der Waals surface area contributed by atoms with Crippen molar-refractivity contribution in [3.63, 3.8) is 0 Å². The van der Waals surface area contributed by atoms with Gasteiger partial charge in [0.25, 0.3) is 0 Å². The van der Waals surface area contributed by atoms with Crippen LogP contribution in [0.4, 0.5) is 4.79 Å². The third-order valence-electron chi connectivity index (χ3n) is 3.06. The van der Waals surface area contributed by atoms with Crippen LogP contribution in [-0.2, 0) is 4.79 Å². The molecule has 0 aromatic heterocycles. The highest BCUT2D eigenvalue weighted by Gasteiger charge is 2.22. The van der Waals surface area contributed by atoms with Gasteiger partial charge in [0.2, 0.25) is 0 Å². The number of carboxylic acid groups (broad SMARTS) is 1. The molecule has 3 unspecified atom stereocenters. The lowest BCUT2D eigenvalue weighted by molar-refractivity contribution is -0.141. The van der Waals surface area contributed by atoms with E-state index in [1.807, 2.05) is 20.8 Å². The summed E-state index contributed by atoms with van der Waals surface area (Å²) in [7, 11) is 0. The second-order valence-electron chi connectivity index (χ2n) is 4.79. The van der Waals surface area contributed by atoms with Crippen molar-refractivity contribution in [3.8, 4) is 0 Å². The van der Waals surface area contributed by atoms with Crippen molar-refractivity contribution in [2.45, 2.75) is 53.1 Å². The highest BCUT2D eigenvalue weighted by molar-refractivity contribution is 5.76. The summed E-state index contributed by atoms with van der Waals surface area (Å²) in [6.07, 6.45) is 0.855. The van der Waals surface area contributed by atoms with Gasteiger partial charge in [-0.05, 0) is 26.2 Å². The minimum atomic E-state index is -0.909. The van der Waals surface area contributed by atoms with Gasteiger partial charge in [-0.3, -0.25) is 4.79 Å². The number of aliphatic carboxylic acids is 1. The van der Waals surface area contributed by atoms with Crippen molar-refractivity contribution in [3.05, 3.63) is 0 Å². The molecule has 0 rings (SSSR count). The standard InChI is InChI=1S/C12H24N2O3/c1-6-10(7(2)3)14-12(17)13-9(5)8(4)11(15)16/h7-10H,6H2,1-5H3,(H,15,16)(H2,13,14,17). The molecule has 3 atom stereocenters. The summed E-state index contributed by atoms with van der Waals surface area (Å²) in [5, 5.41) is 14.3. The minimum absolute atomic E-state index is 0.113. The fourth-order valence-electron chi connectivity index (χ4n) is 1.50. The molecule has 5 nitrogen and oxygen atoms in total. The molecule has 0 aliphatic rings. The Bertz CT molecular complexity index is 266. The average Bonchev–Trinajstić information content (AvgIpc) is 2.23. The molecule has 5 heteroatoms. The number of hydrogen-bond acceptors (Lipinski definition) is 2. The molecule has 17 heavy (non-hydrogen) atoms. The summed E-state index contributed by atoms with van der Waals surface area (Å²) in [4.78, 5) is 22.4. The molecular weight excluding hydrogens is 220 g/mol. The third kappa shape index (κ3) is 5.56. The van der Waals surface area contributed by atoms with E-state index in [2.05, 4.69) is 10.6 Å². The number of carbonyl (C=O) groups excluding carboxylic acids is 1. The summed E-state index contributed by atoms with van der Waals surface area (Å²) in [5.41, 5.74) is 0. The van der Waals surface area contributed by atoms with E-state index in [0.29, 0.717) is 5.92 Å². The molecule has 0 spiro atoms. The normalized spacial score (nSPS) is 16.1. The molecule has 0 fully saturated rings. The molecule has 0 aliphatic heterocycles. The van der Waals surface area contributed by atoms with Gasteiger partial charge >= 0.3 is 12.0 Å². The molecule has 2 amide bonds. The van der Waals surface area contributed by atoms with Crippen molar-refractivity contribution < 1.29 is 14.7 Å². The molecule has 0 aromatic rings. The average molecular weight is 244 g/mol. The van der Waals surface area contributed by atoms with Crippen LogP contribution in [0.15, 0.2) is 0 Å². The second kappa shape index (κ2) is 7.14. The van der Waals surface area contributed by atoms with Crippen LogP contribution >= 0.6 is 0 Å². The summed E-state index contributed by atoms with van der Waals surface area (Å²) >= 11 is 0. The van der Waals surface area contributed by atoms with E-state index in [4.69, 9.17) is 5.11 Å². The zero-order valence-corrected chi connectivity index (χ0v) is 11.3. The Morgan fingerprint density at radius 3 is 2.00 bits per heavy atom. The number of urea groups is 1. The Balaban J connectivity index is 4.22. The predicted molar refractivity (Wildman–Crippen MR) is 66.8 cm³/mol. The number of nitrogens with one attached hydrogen (secondary N) is 2. The van der Waals surface area contributed by atoms with Crippen LogP contribution in [0.3, 0.4) is 0 Å². The third-order valence-corrected chi connectivity index (χ3v) is 3.06. The molecule has 3 N–H and O–H groups in total. The number of hydrogen-bond donors (Lipinski definition) is 3. The van der Waals surface area contributed by atoms with Crippen LogP contribution < -0.4 is 10.6 Å². The first kappa shape index (κ1) is 15.7. The number of carboxylic acids is 1. The van der Waals surface area contributed by atoms with Crippen LogP contribution in [0.1, 0.15) is 41.0 Å². The van der Waals surface area contributed by atoms with Gasteiger partial charge in [0.15, 0.2) is 0 Å². The van der Waals surface area contributed by atoms with Crippen LogP contribution in [0, 0.1) is 11.8 Å². The van der Waals surface area contributed by atoms with E-state index in [9.17, 15) is 9.59 Å². The lowest BCUT2D eigenvalue weighted by Crippen LogP contribution is -2.49. The van der Waals surface area contributed by atoms with Crippen molar-refractivity contribution in [1.82, 2.24) is 10.6 Å². The smallest absolute Gasteiger partial charge is 0.315 e. The lowest BCUT2D eigenvalue weighted by Gasteiger charge is -2.23. The van der Waals surface area contributed by atoms with Gasteiger partial charge in [-0.15, -0.1) is 0 Å². The monoisotopic (exact) mass is 244 g/mol. The van der Waals surface area contributed by atoms with Crippen molar-refractivity contribution in [1.29, 1.82) is 0 Å². The summed E-state index contributed by atoms with van der Waals surface area (Å²) in [6, 6.07) is -0.578. The van der Waals surface area contributed by atoms with Gasteiger partial charge in [0, 0.05) is 12.1 Å². The molecule has 100 valence electrons. The first-order valence-electron chi connectivity index (χ1n) is 6.09. The Morgan fingerprint density at radius 2 is 1.65 bits per heavy atom. The molecule has 0 radical (unpaired) electrons. The van der Waals surface area contributed by atoms with Crippen molar-refractivity contribution in [2.24, 2.45) is 11.8 Å². The maximum Gasteiger partial charge on any atom is 0.315 e. The molecule has 0 aromatic carbocycles. The van der Waals surface area contributed by atoms with E-state index in [0.717, 1.165) is 6.42 Å². The topological polar surface area (TPSA) is 78.4 Å². The quantitative estimate of drug-likeness (QED) is 0.667. The zero-order valence-electron chi connectivity index (χ0n) is 11.3. The SMILES string of the molecule is CCC(NC(=O)NC(C)C(C)C(=O)O)C(C)C. The summed E-state index contributed by atoms with van der Waals surface area (Å²) in [6.45, 7) is 9.35. The molecule has 0 saturated carbocycles. The van der Waals surface area contributed by atoms with Gasteiger partial charge in [-0.25, -0.2) is 4.79 Å². The van der Waals surface area contributed by atoms with E-state index in [-0.39, 0.29) is 12.1 Å². The molecule has 0 aliphatic carbocycles. The van der Waals surface area contributed by atoms with Gasteiger partial charge in [-0.1, -0.05) is 20.8 Å². The van der Waals surface area contributed by atoms with Crippen molar-refractivity contribution >= 4 is 12.0 Å². The predicted octanol–water partition coefficient (Wildman–Crippen LogP) is 1.83. The maximum absolute atomic E-state index is 11.6. The van der Waals surface area contributed by atoms with E-state index < -0.39 is 17.9 Å². The maximum atomic E-state index is 11.6.